The molecule has 36 heteroatoms. The number of aryl methyl sites for hydroxylation is 1. The Bertz CT molecular complexity index is 4030. The van der Waals surface area contributed by atoms with Crippen molar-refractivity contribution >= 4 is 104 Å². The van der Waals surface area contributed by atoms with Crippen LogP contribution in [0.5, 0.6) is 23.0 Å². The fraction of sp³-hybridized carbons (Fsp3) is 0.530. The van der Waals surface area contributed by atoms with E-state index in [0.29, 0.717) is 63.9 Å². The van der Waals surface area contributed by atoms with E-state index in [1.54, 1.807) is 33.0 Å². The first kappa shape index (κ1) is 76.3. The zero-order valence-electron chi connectivity index (χ0n) is 56.7. The Kier molecular flexibility index (Phi) is 23.5. The van der Waals surface area contributed by atoms with Crippen molar-refractivity contribution in [3.8, 4) is 23.0 Å². The summed E-state index contributed by atoms with van der Waals surface area (Å²) in [7, 11) is 0.616. The summed E-state index contributed by atoms with van der Waals surface area (Å²) in [6, 6.07) is 11.4. The molecule has 4 aromatic rings. The molecule has 0 spiro atoms. The lowest BCUT2D eigenvalue weighted by Gasteiger charge is -2.55. The maximum absolute atomic E-state index is 14.3. The van der Waals surface area contributed by atoms with Crippen molar-refractivity contribution < 1.29 is 129 Å². The first-order valence-electron chi connectivity index (χ1n) is 32.7. The summed E-state index contributed by atoms with van der Waals surface area (Å²) in [4.78, 5) is 119. The average molecular weight is 1510 g/mol. The minimum atomic E-state index is -3.80. The number of aliphatic hydroxyl groups excluding tert-OH is 3. The number of amides is 7. The number of aliphatic hydroxyl groups is 3. The number of anilines is 1. The van der Waals surface area contributed by atoms with Gasteiger partial charge in [-0.1, -0.05) is 40.2 Å². The zero-order chi connectivity index (χ0) is 73.9. The molecule has 4 saturated heterocycles. The van der Waals surface area contributed by atoms with E-state index in [-0.39, 0.29) is 96.8 Å². The van der Waals surface area contributed by atoms with E-state index in [1.807, 2.05) is 0 Å². The number of methoxy groups -OCH3 is 2. The number of sulfone groups is 1. The molecule has 9 N–H and O–H groups in total. The molecule has 10 rings (SSSR count). The number of Topliss-reactive ketones (excluding diaryl/α,β-unsaturated/α-hetero) is 1. The topological polar surface area (TPSA) is 445 Å². The molecule has 102 heavy (non-hydrogen) atoms. The molecule has 7 amide bonds. The molecule has 5 heterocycles. The number of hydrogen-bond acceptors (Lipinski definition) is 26. The molecule has 13 atom stereocenters. The second-order valence-electron chi connectivity index (χ2n) is 25.7. The van der Waals surface area contributed by atoms with Crippen molar-refractivity contribution in [1.29, 1.82) is 0 Å². The van der Waals surface area contributed by atoms with Gasteiger partial charge in [0.05, 0.1) is 37.0 Å². The van der Waals surface area contributed by atoms with Crippen molar-refractivity contribution in [1.82, 2.24) is 25.8 Å². The van der Waals surface area contributed by atoms with Gasteiger partial charge in [0.1, 0.15) is 97.1 Å². The van der Waals surface area contributed by atoms with Crippen LogP contribution in [0.15, 0.2) is 54.6 Å². The van der Waals surface area contributed by atoms with E-state index in [2.05, 4.69) is 37.2 Å². The molecule has 0 radical (unpaired) electrons. The number of ether oxygens (including phenoxy) is 11. The van der Waals surface area contributed by atoms with Crippen LogP contribution in [0.2, 0.25) is 5.82 Å². The van der Waals surface area contributed by atoms with Gasteiger partial charge < -0.3 is 98.9 Å². The van der Waals surface area contributed by atoms with E-state index >= 15 is 0 Å². The third-order valence-electron chi connectivity index (χ3n) is 18.6. The molecule has 552 valence electrons. The number of aromatic hydroxyl groups is 1. The van der Waals surface area contributed by atoms with E-state index in [0.717, 1.165) is 11.2 Å². The van der Waals surface area contributed by atoms with Gasteiger partial charge in [-0.2, -0.15) is 0 Å². The van der Waals surface area contributed by atoms with Crippen LogP contribution in [0.1, 0.15) is 90.2 Å². The summed E-state index contributed by atoms with van der Waals surface area (Å²) < 4.78 is 93.5. The molecule has 1 aliphatic carbocycles. The van der Waals surface area contributed by atoms with Crippen molar-refractivity contribution in [3.05, 3.63) is 88.0 Å². The van der Waals surface area contributed by atoms with Gasteiger partial charge in [-0.15, -0.1) is 0 Å². The van der Waals surface area contributed by atoms with E-state index in [4.69, 9.17) is 52.1 Å². The number of hydrogen-bond donors (Lipinski definition) is 9. The first-order valence-corrected chi connectivity index (χ1v) is 35.9. The number of imide groups is 1. The van der Waals surface area contributed by atoms with E-state index in [1.165, 1.54) is 69.4 Å². The van der Waals surface area contributed by atoms with Crippen LogP contribution in [-0.2, 0) is 96.1 Å². The molecular formula is C66H80BBrN6O27S. The number of carbonyl (C=O) groups is 9. The highest BCUT2D eigenvalue weighted by Crippen LogP contribution is 2.68. The number of alkyl carbamates (subject to hydrolysis) is 1. The van der Waals surface area contributed by atoms with Crippen molar-refractivity contribution in [3.63, 3.8) is 0 Å². The van der Waals surface area contributed by atoms with Crippen LogP contribution in [0.25, 0.3) is 10.8 Å². The van der Waals surface area contributed by atoms with Crippen molar-refractivity contribution in [2.45, 2.75) is 150 Å². The Hall–Kier alpha value is -8.30. The number of alkyl halides is 1. The summed E-state index contributed by atoms with van der Waals surface area (Å²) in [6.45, 7) is 2.40. The zero-order valence-corrected chi connectivity index (χ0v) is 59.1. The number of carboxylic acid groups (broad SMARTS) is 1. The Balaban J connectivity index is 0.818. The molecule has 6 aliphatic rings. The number of fused-ring (bicyclic) bond motifs is 6. The Morgan fingerprint density at radius 2 is 1.58 bits per heavy atom. The number of halogens is 1. The fourth-order valence-corrected chi connectivity index (χ4v) is 14.7. The maximum atomic E-state index is 14.3. The minimum Gasteiger partial charge on any atom is -0.506 e. The van der Waals surface area contributed by atoms with Crippen LogP contribution in [0.3, 0.4) is 0 Å². The number of benzene rings is 4. The van der Waals surface area contributed by atoms with Crippen LogP contribution in [0, 0.1) is 6.92 Å². The number of nitrogens with zero attached hydrogens (tertiary/aromatic N) is 2. The molecule has 2 bridgehead atoms. The lowest BCUT2D eigenvalue weighted by atomic mass is 9.76. The summed E-state index contributed by atoms with van der Waals surface area (Å²) in [5.41, 5.74) is 0.415. The number of phenols is 1. The van der Waals surface area contributed by atoms with Crippen LogP contribution >= 0.6 is 15.9 Å². The molecule has 33 nitrogen and oxygen atoms in total. The Labute approximate surface area is 593 Å². The smallest absolute Gasteiger partial charge is 0.411 e. The fourth-order valence-electron chi connectivity index (χ4n) is 13.2. The summed E-state index contributed by atoms with van der Waals surface area (Å²) >= 11 is 3.60. The number of rotatable bonds is 30. The number of aliphatic carboxylic acids is 1. The van der Waals surface area contributed by atoms with Crippen molar-refractivity contribution in [2.24, 2.45) is 0 Å². The number of likely N-dealkylation sites (tertiary alicyclic amines) is 1. The molecular weight excluding hydrogens is 1430 g/mol. The summed E-state index contributed by atoms with van der Waals surface area (Å²) in [5, 5.41) is 63.2. The Morgan fingerprint density at radius 3 is 2.23 bits per heavy atom. The second-order valence-corrected chi connectivity index (χ2v) is 28.5. The highest BCUT2D eigenvalue weighted by atomic mass is 79.9. The van der Waals surface area contributed by atoms with Gasteiger partial charge in [-0.3, -0.25) is 38.6 Å². The molecule has 4 aromatic carbocycles. The number of phenolic OH excluding ortho intramolecular Hbond substituents is 1. The highest BCUT2D eigenvalue weighted by molar-refractivity contribution is 9.09. The quantitative estimate of drug-likeness (QED) is 0.0116. The average Bonchev–Trinajstić information content (AvgIpc) is 1.46. The monoisotopic (exact) mass is 1510 g/mol. The summed E-state index contributed by atoms with van der Waals surface area (Å²) in [5.74, 6) is -9.47. The number of nitrogens with one attached hydrogen (secondary N) is 4. The third kappa shape index (κ3) is 15.3. The normalized spacial score (nSPS) is 26.1. The Morgan fingerprint density at radius 1 is 0.892 bits per heavy atom. The van der Waals surface area contributed by atoms with Gasteiger partial charge >= 0.3 is 18.2 Å². The molecule has 0 saturated carbocycles. The molecule has 4 fully saturated rings. The lowest BCUT2D eigenvalue weighted by Crippen LogP contribution is -2.76. The number of ketones is 1. The van der Waals surface area contributed by atoms with Gasteiger partial charge in [0.25, 0.3) is 5.79 Å². The number of carbonyl (C=O) groups excluding carboxylic acids is 8. The summed E-state index contributed by atoms with van der Waals surface area (Å²) in [6.07, 6.45) is -11.4. The number of carboxylic acids is 1. The largest absolute Gasteiger partial charge is 0.506 e. The SMILES string of the molecule is BC1CC(=O)N(CCCOCCC(=O)N[C@@H](C)C(=O)N[C@@H](C)C(=O)Nc2ccc(COC(=O)NCC34OC5c6c(C)cc7c(OC)c8c(c(O)c7c6O[C@](OC)(C5O3)[C@]4(CBr)OCN(CCS(C)(=O)=O)C(=O)OCc3ccc(O[C@@H]4O[C@H](C(=O)O)[C@@H](O)[C@H](O)[C@H]4O)cc3)C(=O)CCC8)cc2)C1=O. The molecule has 5 aliphatic heterocycles. The lowest BCUT2D eigenvalue weighted by molar-refractivity contribution is -0.360. The van der Waals surface area contributed by atoms with Gasteiger partial charge in [-0.25, -0.2) is 22.8 Å². The predicted molar refractivity (Wildman–Crippen MR) is 359 cm³/mol. The first-order chi connectivity index (χ1) is 48.4. The molecule has 4 unspecified atom stereocenters. The van der Waals surface area contributed by atoms with Crippen LogP contribution in [-0.4, -0.2) is 242 Å². The van der Waals surface area contributed by atoms with Gasteiger partial charge in [0, 0.05) is 85.7 Å². The predicted octanol–water partition coefficient (Wildman–Crippen LogP) is 1.20. The van der Waals surface area contributed by atoms with Gasteiger partial charge in [-0.05, 0) is 87.1 Å². The standard InChI is InChI=1S/C66H80BBrN6O27S/c1-32-25-40-47(48(78)46-39(52(40)91-4)9-7-10-42(46)75)53-45(32)54-56-66(92-5,100-53)64(29-68,96-31-73(21-24-102(6,89)90)63(88)95-28-36-13-17-38(18-14-36)97-61-51(81)49(79)50(80)55(98-61)60(85)86)65(99-54,101-56)30-69-62(87)94-27-35-11-15-37(16-12-35)72-58(83)34(3)71-57(82)33(2)70-43(76)19-23-93-22-8-20-74-44(77)26-41(67)59(74)84/h11-18,25,33-34,41,49-51,54-56,61,78-81H,7-10,19-24,26-31,67H2,1-6H3,(H,69,87)(H,70,76)(H,71,82)(H,72,83)(H,85,86)/t33-,34-,41?,49-,50-,51+,54?,55-,56?,61+,64+,65?,66+/m0/s1. The van der Waals surface area contributed by atoms with Crippen molar-refractivity contribution in [2.75, 3.05) is 76.5 Å². The van der Waals surface area contributed by atoms with E-state index < -0.39 is 156 Å². The third-order valence-corrected chi connectivity index (χ3v) is 20.3. The van der Waals surface area contributed by atoms with Gasteiger partial charge in [0.2, 0.25) is 47.2 Å². The van der Waals surface area contributed by atoms with Gasteiger partial charge in [0.15, 0.2) is 18.0 Å². The second kappa shape index (κ2) is 31.3. The van der Waals surface area contributed by atoms with E-state index in [9.17, 15) is 77.1 Å². The molecule has 0 aromatic heterocycles. The van der Waals surface area contributed by atoms with Crippen LogP contribution in [0.4, 0.5) is 15.3 Å². The van der Waals surface area contributed by atoms with Crippen LogP contribution < -0.4 is 35.5 Å². The minimum absolute atomic E-state index is 0.00424. The maximum Gasteiger partial charge on any atom is 0.411 e. The highest BCUT2D eigenvalue weighted by Gasteiger charge is 2.86.